The standard InChI is InChI=1S/C29H30FN3O2/c1-3-5-15-32(17-9-14-31)20-12-13-22(24(30)18-20)26-28(34)27(29(26)35)23-19-33(16-6-4-2)25-11-8-7-10-21(23)25/h7-8,10-13,18-19H,3-6,9,15-17H2,1-2H3. The van der Waals surface area contributed by atoms with Gasteiger partial charge in [0.2, 0.25) is 5.69 Å². The van der Waals surface area contributed by atoms with Crippen molar-refractivity contribution < 1.29 is 18.9 Å². The first kappa shape index (κ1) is 24.4. The van der Waals surface area contributed by atoms with Gasteiger partial charge in [-0.05, 0) is 30.7 Å². The molecule has 1 heterocycles. The average Bonchev–Trinajstić information content (AvgIpc) is 3.22. The van der Waals surface area contributed by atoms with E-state index in [1.165, 1.54) is 12.1 Å². The van der Waals surface area contributed by atoms with Crippen molar-refractivity contribution >= 4 is 34.5 Å². The summed E-state index contributed by atoms with van der Waals surface area (Å²) in [5, 5.41) is 22.1. The SMILES string of the molecule is CCCCN(CCC#N)c1ccc(C2=C([O-])C(=C3C=[N+](CCCC)c4ccccc43)C2=O)c(F)c1. The van der Waals surface area contributed by atoms with Gasteiger partial charge in [0.1, 0.15) is 12.4 Å². The Labute approximate surface area is 206 Å². The van der Waals surface area contributed by atoms with Gasteiger partial charge in [-0.1, -0.05) is 44.6 Å². The van der Waals surface area contributed by atoms with Gasteiger partial charge in [0.15, 0.2) is 12.0 Å². The number of nitrogens with zero attached hydrogens (tertiary/aromatic N) is 3. The zero-order valence-corrected chi connectivity index (χ0v) is 20.3. The maximum Gasteiger partial charge on any atom is 0.213 e. The summed E-state index contributed by atoms with van der Waals surface area (Å²) < 4.78 is 17.3. The minimum absolute atomic E-state index is 0.0398. The van der Waals surface area contributed by atoms with E-state index in [9.17, 15) is 9.90 Å². The van der Waals surface area contributed by atoms with Crippen molar-refractivity contribution in [3.05, 3.63) is 70.7 Å². The molecule has 0 fully saturated rings. The number of carbonyl (C=O) groups is 1. The second-order valence-electron chi connectivity index (χ2n) is 8.93. The predicted molar refractivity (Wildman–Crippen MR) is 135 cm³/mol. The number of allylic oxidation sites excluding steroid dienone is 3. The summed E-state index contributed by atoms with van der Waals surface area (Å²) in [5.74, 6) is -1.41. The second kappa shape index (κ2) is 10.7. The van der Waals surface area contributed by atoms with Crippen molar-refractivity contribution in [2.75, 3.05) is 24.5 Å². The molecule has 180 valence electrons. The van der Waals surface area contributed by atoms with Gasteiger partial charge in [-0.3, -0.25) is 4.79 Å². The first-order valence-electron chi connectivity index (χ1n) is 12.3. The number of hydrogen-bond donors (Lipinski definition) is 0. The summed E-state index contributed by atoms with van der Waals surface area (Å²) in [4.78, 5) is 15.1. The summed E-state index contributed by atoms with van der Waals surface area (Å²) in [6.45, 7) is 6.22. The lowest BCUT2D eigenvalue weighted by Crippen LogP contribution is -2.31. The fourth-order valence-electron chi connectivity index (χ4n) is 4.65. The molecule has 2 aromatic rings. The number of fused-ring (bicyclic) bond motifs is 1. The molecule has 0 unspecified atom stereocenters. The molecule has 1 aliphatic carbocycles. The summed E-state index contributed by atoms with van der Waals surface area (Å²) in [7, 11) is 0. The smallest absolute Gasteiger partial charge is 0.213 e. The van der Waals surface area contributed by atoms with Crippen molar-refractivity contribution in [2.45, 2.75) is 46.0 Å². The highest BCUT2D eigenvalue weighted by molar-refractivity contribution is 6.44. The van der Waals surface area contributed by atoms with Gasteiger partial charge in [-0.25, -0.2) is 4.39 Å². The zero-order valence-electron chi connectivity index (χ0n) is 20.3. The first-order valence-corrected chi connectivity index (χ1v) is 12.3. The van der Waals surface area contributed by atoms with E-state index in [1.807, 2.05) is 35.4 Å². The number of unbranched alkanes of at least 4 members (excludes halogenated alkanes) is 2. The molecule has 1 aliphatic heterocycles. The maximum absolute atomic E-state index is 15.2. The van der Waals surface area contributed by atoms with Crippen LogP contribution in [0.2, 0.25) is 0 Å². The van der Waals surface area contributed by atoms with Crippen LogP contribution in [0, 0.1) is 17.1 Å². The molecule has 6 heteroatoms. The summed E-state index contributed by atoms with van der Waals surface area (Å²) in [6.07, 6.45) is 6.16. The van der Waals surface area contributed by atoms with E-state index in [-0.39, 0.29) is 16.7 Å². The molecule has 35 heavy (non-hydrogen) atoms. The van der Waals surface area contributed by atoms with Crippen molar-refractivity contribution in [1.29, 1.82) is 5.26 Å². The van der Waals surface area contributed by atoms with E-state index < -0.39 is 17.4 Å². The Morgan fingerprint density at radius 3 is 2.49 bits per heavy atom. The van der Waals surface area contributed by atoms with E-state index in [0.29, 0.717) is 30.8 Å². The Morgan fingerprint density at radius 1 is 1.03 bits per heavy atom. The van der Waals surface area contributed by atoms with Crippen molar-refractivity contribution in [2.24, 2.45) is 0 Å². The summed E-state index contributed by atoms with van der Waals surface area (Å²) in [5.41, 5.74) is 3.20. The normalized spacial score (nSPS) is 16.6. The number of halogens is 1. The Balaban J connectivity index is 1.69. The Kier molecular flexibility index (Phi) is 7.45. The molecule has 0 atom stereocenters. The highest BCUT2D eigenvalue weighted by atomic mass is 19.1. The van der Waals surface area contributed by atoms with Crippen LogP contribution in [-0.4, -0.2) is 36.2 Å². The molecule has 2 aliphatic rings. The fraction of sp³-hybridized carbons (Fsp3) is 0.345. The highest BCUT2D eigenvalue weighted by Gasteiger charge is 2.37. The van der Waals surface area contributed by atoms with Crippen LogP contribution in [0.3, 0.4) is 0 Å². The third-order valence-corrected chi connectivity index (χ3v) is 6.58. The Hall–Kier alpha value is -3.72. The first-order chi connectivity index (χ1) is 17.0. The molecule has 5 nitrogen and oxygen atoms in total. The maximum atomic E-state index is 15.2. The van der Waals surface area contributed by atoms with E-state index in [0.717, 1.165) is 43.5 Å². The third kappa shape index (κ3) is 4.64. The van der Waals surface area contributed by atoms with E-state index in [4.69, 9.17) is 5.26 Å². The minimum atomic E-state index is -0.595. The van der Waals surface area contributed by atoms with Crippen molar-refractivity contribution in [3.63, 3.8) is 0 Å². The van der Waals surface area contributed by atoms with Crippen LogP contribution in [0.15, 0.2) is 53.8 Å². The van der Waals surface area contributed by atoms with Crippen LogP contribution in [-0.2, 0) is 4.79 Å². The number of anilines is 1. The molecule has 4 rings (SSSR count). The zero-order chi connectivity index (χ0) is 24.9. The Bertz CT molecular complexity index is 1280. The molecule has 0 aromatic heterocycles. The minimum Gasteiger partial charge on any atom is -0.871 e. The lowest BCUT2D eigenvalue weighted by atomic mass is 9.79. The molecule has 0 saturated heterocycles. The topological polar surface area (TPSA) is 70.2 Å². The van der Waals surface area contributed by atoms with Gasteiger partial charge >= 0.3 is 0 Å². The quantitative estimate of drug-likeness (QED) is 0.362. The highest BCUT2D eigenvalue weighted by Crippen LogP contribution is 2.43. The summed E-state index contributed by atoms with van der Waals surface area (Å²) >= 11 is 0. The lowest BCUT2D eigenvalue weighted by Gasteiger charge is -2.32. The molecule has 0 amide bonds. The Morgan fingerprint density at radius 2 is 1.80 bits per heavy atom. The average molecular weight is 472 g/mol. The number of hydrogen-bond acceptors (Lipinski definition) is 4. The number of Topliss-reactive ketones (excluding diaryl/α,β-unsaturated/α-hetero) is 1. The van der Waals surface area contributed by atoms with Crippen molar-refractivity contribution in [1.82, 2.24) is 0 Å². The summed E-state index contributed by atoms with van der Waals surface area (Å²) in [6, 6.07) is 14.5. The van der Waals surface area contributed by atoms with Gasteiger partial charge in [-0.2, -0.15) is 9.84 Å². The fourth-order valence-corrected chi connectivity index (χ4v) is 4.65. The largest absolute Gasteiger partial charge is 0.871 e. The molecule has 0 radical (unpaired) electrons. The van der Waals surface area contributed by atoms with Gasteiger partial charge in [-0.15, -0.1) is 0 Å². The van der Waals surface area contributed by atoms with Gasteiger partial charge in [0, 0.05) is 48.0 Å². The number of carbonyl (C=O) groups excluding carboxylic acids is 1. The van der Waals surface area contributed by atoms with Crippen LogP contribution >= 0.6 is 0 Å². The number of benzene rings is 2. The molecule has 0 bridgehead atoms. The van der Waals surface area contributed by atoms with E-state index in [1.54, 1.807) is 6.07 Å². The lowest BCUT2D eigenvalue weighted by molar-refractivity contribution is -0.432. The second-order valence-corrected chi connectivity index (χ2v) is 8.93. The molecular weight excluding hydrogens is 441 g/mol. The van der Waals surface area contributed by atoms with E-state index >= 15 is 4.39 Å². The predicted octanol–water partition coefficient (Wildman–Crippen LogP) is 4.98. The number of para-hydroxylation sites is 1. The van der Waals surface area contributed by atoms with Crippen LogP contribution in [0.5, 0.6) is 0 Å². The molecule has 2 aromatic carbocycles. The van der Waals surface area contributed by atoms with Gasteiger partial charge in [0.25, 0.3) is 0 Å². The number of rotatable bonds is 10. The molecule has 0 saturated carbocycles. The number of ketones is 1. The van der Waals surface area contributed by atoms with E-state index in [2.05, 4.69) is 24.5 Å². The van der Waals surface area contributed by atoms with Gasteiger partial charge in [0.05, 0.1) is 23.6 Å². The van der Waals surface area contributed by atoms with Crippen LogP contribution in [0.25, 0.3) is 11.1 Å². The molecular formula is C29H30FN3O2. The molecule has 0 N–H and O–H groups in total. The third-order valence-electron chi connectivity index (χ3n) is 6.58. The van der Waals surface area contributed by atoms with Crippen LogP contribution in [0.1, 0.15) is 57.1 Å². The van der Waals surface area contributed by atoms with Crippen LogP contribution in [0.4, 0.5) is 15.8 Å². The number of nitriles is 1. The monoisotopic (exact) mass is 471 g/mol. The van der Waals surface area contributed by atoms with Gasteiger partial charge < -0.3 is 10.0 Å². The van der Waals surface area contributed by atoms with Crippen molar-refractivity contribution in [3.8, 4) is 6.07 Å². The van der Waals surface area contributed by atoms with Crippen LogP contribution < -0.4 is 10.0 Å². The molecule has 0 spiro atoms.